The summed E-state index contributed by atoms with van der Waals surface area (Å²) in [4.78, 5) is 0. The summed E-state index contributed by atoms with van der Waals surface area (Å²) in [6, 6.07) is 5.37. The Morgan fingerprint density at radius 1 is 1.11 bits per heavy atom. The van der Waals surface area contributed by atoms with Gasteiger partial charge in [0.25, 0.3) is 0 Å². The Kier molecular flexibility index (Phi) is 3.64. The van der Waals surface area contributed by atoms with Gasteiger partial charge in [-0.15, -0.1) is 0 Å². The van der Waals surface area contributed by atoms with Gasteiger partial charge in [0.1, 0.15) is 0 Å². The summed E-state index contributed by atoms with van der Waals surface area (Å²) in [7, 11) is 0. The van der Waals surface area contributed by atoms with E-state index in [9.17, 15) is 0 Å². The predicted octanol–water partition coefficient (Wildman–Crippen LogP) is 3.44. The summed E-state index contributed by atoms with van der Waals surface area (Å²) < 4.78 is 6.07. The van der Waals surface area contributed by atoms with E-state index in [0.717, 1.165) is 19.2 Å². The number of nitrogens with one attached hydrogen (secondary N) is 1. The zero-order valence-electron chi connectivity index (χ0n) is 12.3. The largest absolute Gasteiger partial charge is 0.373 e. The Balaban J connectivity index is 1.79. The highest BCUT2D eigenvalue weighted by Crippen LogP contribution is 2.38. The van der Waals surface area contributed by atoms with E-state index in [0.29, 0.717) is 12.0 Å². The van der Waals surface area contributed by atoms with Gasteiger partial charge in [-0.2, -0.15) is 0 Å². The highest BCUT2D eigenvalue weighted by atomic mass is 16.5. The number of ether oxygens (including phenoxy) is 1. The maximum atomic E-state index is 6.07. The molecule has 2 nitrogen and oxygen atoms in total. The molecule has 1 saturated carbocycles. The molecule has 3 rings (SSSR count). The number of benzene rings is 1. The molecule has 1 aliphatic carbocycles. The van der Waals surface area contributed by atoms with Crippen molar-refractivity contribution in [3.05, 3.63) is 34.4 Å². The Labute approximate surface area is 116 Å². The highest BCUT2D eigenvalue weighted by Gasteiger charge is 2.33. The third-order valence-corrected chi connectivity index (χ3v) is 4.48. The van der Waals surface area contributed by atoms with Crippen molar-refractivity contribution >= 4 is 0 Å². The Bertz CT molecular complexity index is 441. The molecule has 0 amide bonds. The molecule has 1 N–H and O–H groups in total. The molecule has 1 aromatic carbocycles. The Hall–Kier alpha value is -0.860. The van der Waals surface area contributed by atoms with Crippen molar-refractivity contribution in [1.29, 1.82) is 0 Å². The first-order valence-corrected chi connectivity index (χ1v) is 7.58. The van der Waals surface area contributed by atoms with Crippen LogP contribution in [-0.2, 0) is 4.74 Å². The van der Waals surface area contributed by atoms with E-state index in [1.54, 1.807) is 0 Å². The van der Waals surface area contributed by atoms with Gasteiger partial charge in [-0.1, -0.05) is 17.7 Å². The van der Waals surface area contributed by atoms with E-state index in [-0.39, 0.29) is 0 Å². The molecule has 1 aliphatic heterocycles. The van der Waals surface area contributed by atoms with Crippen LogP contribution in [0.1, 0.15) is 47.6 Å². The van der Waals surface area contributed by atoms with Crippen LogP contribution in [0.15, 0.2) is 12.1 Å². The van der Waals surface area contributed by atoms with Crippen molar-refractivity contribution in [3.8, 4) is 0 Å². The second-order valence-electron chi connectivity index (χ2n) is 6.34. The molecule has 19 heavy (non-hydrogen) atoms. The molecule has 2 unspecified atom stereocenters. The normalized spacial score (nSPS) is 26.9. The van der Waals surface area contributed by atoms with Crippen LogP contribution in [0.2, 0.25) is 0 Å². The number of hydrogen-bond acceptors (Lipinski definition) is 2. The van der Waals surface area contributed by atoms with E-state index < -0.39 is 0 Å². The summed E-state index contributed by atoms with van der Waals surface area (Å²) in [6.45, 7) is 8.65. The lowest BCUT2D eigenvalue weighted by molar-refractivity contribution is 0.0894. The molecule has 1 saturated heterocycles. The fourth-order valence-corrected chi connectivity index (χ4v) is 3.41. The van der Waals surface area contributed by atoms with Gasteiger partial charge >= 0.3 is 0 Å². The van der Waals surface area contributed by atoms with Crippen LogP contribution in [-0.4, -0.2) is 19.2 Å². The van der Waals surface area contributed by atoms with Gasteiger partial charge in [-0.05, 0) is 56.7 Å². The van der Waals surface area contributed by atoms with Gasteiger partial charge in [0, 0.05) is 25.1 Å². The zero-order chi connectivity index (χ0) is 13.4. The van der Waals surface area contributed by atoms with Crippen molar-refractivity contribution in [2.24, 2.45) is 5.92 Å². The van der Waals surface area contributed by atoms with Crippen LogP contribution in [0.5, 0.6) is 0 Å². The quantitative estimate of drug-likeness (QED) is 0.894. The summed E-state index contributed by atoms with van der Waals surface area (Å²) in [6.07, 6.45) is 4.21. The molecule has 2 fully saturated rings. The monoisotopic (exact) mass is 259 g/mol. The smallest absolute Gasteiger partial charge is 0.0871 e. The topological polar surface area (TPSA) is 21.3 Å². The minimum absolute atomic E-state index is 0.298. The van der Waals surface area contributed by atoms with Crippen LogP contribution in [0.25, 0.3) is 0 Å². The van der Waals surface area contributed by atoms with Gasteiger partial charge in [-0.3, -0.25) is 0 Å². The summed E-state index contributed by atoms with van der Waals surface area (Å²) in [5.74, 6) is 0.640. The second kappa shape index (κ2) is 5.26. The predicted molar refractivity (Wildman–Crippen MR) is 78.5 cm³/mol. The number of aryl methyl sites for hydroxylation is 3. The lowest BCUT2D eigenvalue weighted by Gasteiger charge is -2.23. The molecule has 0 radical (unpaired) electrons. The lowest BCUT2D eigenvalue weighted by atomic mass is 9.88. The average molecular weight is 259 g/mol. The van der Waals surface area contributed by atoms with E-state index in [1.165, 1.54) is 41.5 Å². The average Bonchev–Trinajstić information content (AvgIpc) is 3.06. The van der Waals surface area contributed by atoms with Gasteiger partial charge in [0.05, 0.1) is 6.10 Å². The van der Waals surface area contributed by atoms with Crippen molar-refractivity contribution in [1.82, 2.24) is 5.32 Å². The van der Waals surface area contributed by atoms with Crippen molar-refractivity contribution in [3.63, 3.8) is 0 Å². The van der Waals surface area contributed by atoms with Crippen LogP contribution >= 0.6 is 0 Å². The fraction of sp³-hybridized carbons (Fsp3) is 0.647. The standard InChI is InChI=1S/C17H25NO/c1-11-8-12(2)16(13(3)9-11)17-14(6-7-19-17)10-18-15-4-5-15/h8-9,14-15,17-18H,4-7,10H2,1-3H3. The van der Waals surface area contributed by atoms with Gasteiger partial charge in [0.2, 0.25) is 0 Å². The molecule has 0 bridgehead atoms. The van der Waals surface area contributed by atoms with Crippen molar-refractivity contribution in [2.75, 3.05) is 13.2 Å². The fourth-order valence-electron chi connectivity index (χ4n) is 3.41. The maximum absolute atomic E-state index is 6.07. The molecule has 1 heterocycles. The SMILES string of the molecule is Cc1cc(C)c(C2OCCC2CNC2CC2)c(C)c1. The summed E-state index contributed by atoms with van der Waals surface area (Å²) in [5.41, 5.74) is 5.57. The Morgan fingerprint density at radius 3 is 2.42 bits per heavy atom. The maximum Gasteiger partial charge on any atom is 0.0871 e. The molecule has 1 aromatic rings. The van der Waals surface area contributed by atoms with E-state index in [4.69, 9.17) is 4.74 Å². The third kappa shape index (κ3) is 2.85. The first-order valence-electron chi connectivity index (χ1n) is 7.58. The molecular weight excluding hydrogens is 234 g/mol. The number of hydrogen-bond donors (Lipinski definition) is 1. The number of rotatable bonds is 4. The molecule has 2 atom stereocenters. The Morgan fingerprint density at radius 2 is 1.79 bits per heavy atom. The van der Waals surface area contributed by atoms with E-state index in [2.05, 4.69) is 38.2 Å². The van der Waals surface area contributed by atoms with Gasteiger partial charge in [-0.25, -0.2) is 0 Å². The first-order chi connectivity index (χ1) is 9.15. The minimum atomic E-state index is 0.298. The molecular formula is C17H25NO. The summed E-state index contributed by atoms with van der Waals surface area (Å²) >= 11 is 0. The van der Waals surface area contributed by atoms with Gasteiger partial charge in [0.15, 0.2) is 0 Å². The third-order valence-electron chi connectivity index (χ3n) is 4.48. The van der Waals surface area contributed by atoms with E-state index >= 15 is 0 Å². The lowest BCUT2D eigenvalue weighted by Crippen LogP contribution is -2.27. The molecule has 2 heteroatoms. The van der Waals surface area contributed by atoms with Crippen molar-refractivity contribution < 1.29 is 4.74 Å². The molecule has 2 aliphatic rings. The molecule has 0 aromatic heterocycles. The second-order valence-corrected chi connectivity index (χ2v) is 6.34. The van der Waals surface area contributed by atoms with Crippen LogP contribution < -0.4 is 5.32 Å². The first kappa shape index (κ1) is 13.1. The van der Waals surface area contributed by atoms with Crippen LogP contribution in [0, 0.1) is 26.7 Å². The van der Waals surface area contributed by atoms with E-state index in [1.807, 2.05) is 0 Å². The van der Waals surface area contributed by atoms with Crippen molar-refractivity contribution in [2.45, 2.75) is 52.2 Å². The highest BCUT2D eigenvalue weighted by molar-refractivity contribution is 5.39. The molecule has 104 valence electrons. The zero-order valence-corrected chi connectivity index (χ0v) is 12.3. The minimum Gasteiger partial charge on any atom is -0.373 e. The van der Waals surface area contributed by atoms with Crippen LogP contribution in [0.3, 0.4) is 0 Å². The van der Waals surface area contributed by atoms with Crippen LogP contribution in [0.4, 0.5) is 0 Å². The summed E-state index contributed by atoms with van der Waals surface area (Å²) in [5, 5.41) is 3.67. The molecule has 0 spiro atoms. The van der Waals surface area contributed by atoms with Gasteiger partial charge < -0.3 is 10.1 Å².